The van der Waals surface area contributed by atoms with Gasteiger partial charge >= 0.3 is 6.29 Å². The molecule has 2 nitrogen and oxygen atoms in total. The minimum absolute atomic E-state index is 0.0183. The van der Waals surface area contributed by atoms with Gasteiger partial charge in [-0.1, -0.05) is 35.9 Å². The van der Waals surface area contributed by atoms with E-state index >= 15 is 0 Å². The molecular weight excluding hydrogens is 397 g/mol. The summed E-state index contributed by atoms with van der Waals surface area (Å²) in [7, 11) is 0. The molecule has 0 N–H and O–H groups in total. The quantitative estimate of drug-likeness (QED) is 0.468. The van der Waals surface area contributed by atoms with E-state index in [1.165, 1.54) is 6.07 Å². The molecule has 7 heteroatoms. The Morgan fingerprint density at radius 3 is 2.41 bits per heavy atom. The highest BCUT2D eigenvalue weighted by atomic mass is 35.5. The van der Waals surface area contributed by atoms with Crippen LogP contribution in [0.1, 0.15) is 11.1 Å². The Morgan fingerprint density at radius 2 is 1.70 bits per heavy atom. The second-order valence-electron chi connectivity index (χ2n) is 6.05. The SMILES string of the molecule is FSc1ccc(Cc2cc3c(c(-c4cccc(Cl)c4)c2)OC(F)(F)O3)cc1. The Balaban J connectivity index is 1.76. The predicted octanol–water partition coefficient (Wildman–Crippen LogP) is 6.90. The zero-order valence-corrected chi connectivity index (χ0v) is 15.3. The van der Waals surface area contributed by atoms with Gasteiger partial charge in [0.2, 0.25) is 0 Å². The van der Waals surface area contributed by atoms with Gasteiger partial charge in [0.05, 0.1) is 12.1 Å². The summed E-state index contributed by atoms with van der Waals surface area (Å²) in [5.74, 6) is -0.0430. The summed E-state index contributed by atoms with van der Waals surface area (Å²) in [4.78, 5) is 0.503. The maximum absolute atomic E-state index is 13.6. The Bertz CT molecular complexity index is 993. The molecular formula is C20H12ClF3O2S. The second-order valence-corrected chi connectivity index (χ2v) is 7.11. The van der Waals surface area contributed by atoms with Gasteiger partial charge in [0, 0.05) is 15.5 Å². The standard InChI is InChI=1S/C20H12ClF3O2S/c21-15-3-1-2-14(11-15)17-9-13(8-12-4-6-16(27-24)7-5-12)10-18-19(17)26-20(22,23)25-18/h1-7,9-11H,8H2. The lowest BCUT2D eigenvalue weighted by atomic mass is 9.97. The summed E-state index contributed by atoms with van der Waals surface area (Å²) >= 11 is 6.22. The zero-order chi connectivity index (χ0) is 19.0. The summed E-state index contributed by atoms with van der Waals surface area (Å²) in [5.41, 5.74) is 2.78. The van der Waals surface area contributed by atoms with Crippen LogP contribution in [0.4, 0.5) is 12.7 Å². The fraction of sp³-hybridized carbons (Fsp3) is 0.100. The number of rotatable bonds is 4. The number of alkyl halides is 2. The fourth-order valence-corrected chi connectivity index (χ4v) is 3.40. The van der Waals surface area contributed by atoms with E-state index in [4.69, 9.17) is 16.3 Å². The average molecular weight is 409 g/mol. The lowest BCUT2D eigenvalue weighted by Crippen LogP contribution is -2.26. The molecule has 1 heterocycles. The van der Waals surface area contributed by atoms with Gasteiger partial charge in [-0.05, 0) is 59.5 Å². The highest BCUT2D eigenvalue weighted by molar-refractivity contribution is 7.94. The molecule has 0 unspecified atom stereocenters. The molecule has 1 aliphatic heterocycles. The van der Waals surface area contributed by atoms with Crippen molar-refractivity contribution in [3.8, 4) is 22.6 Å². The van der Waals surface area contributed by atoms with Crippen molar-refractivity contribution in [1.82, 2.24) is 0 Å². The average Bonchev–Trinajstić information content (AvgIpc) is 2.95. The lowest BCUT2D eigenvalue weighted by Gasteiger charge is -2.10. The minimum Gasteiger partial charge on any atom is -0.395 e. The second kappa shape index (κ2) is 7.02. The number of fused-ring (bicyclic) bond motifs is 1. The molecule has 0 radical (unpaired) electrons. The van der Waals surface area contributed by atoms with Gasteiger partial charge < -0.3 is 9.47 Å². The Labute approximate surface area is 163 Å². The normalized spacial score (nSPS) is 14.4. The summed E-state index contributed by atoms with van der Waals surface area (Å²) in [6.07, 6.45) is -3.25. The van der Waals surface area contributed by atoms with Gasteiger partial charge in [0.25, 0.3) is 0 Å². The molecule has 0 aliphatic carbocycles. The smallest absolute Gasteiger partial charge is 0.395 e. The highest BCUT2D eigenvalue weighted by Gasteiger charge is 2.45. The van der Waals surface area contributed by atoms with Crippen molar-refractivity contribution < 1.29 is 22.1 Å². The molecule has 138 valence electrons. The third-order valence-electron chi connectivity index (χ3n) is 4.12. The third kappa shape index (κ3) is 3.87. The number of hydrogen-bond acceptors (Lipinski definition) is 3. The van der Waals surface area contributed by atoms with E-state index in [0.29, 0.717) is 27.5 Å². The van der Waals surface area contributed by atoms with Crippen molar-refractivity contribution in [2.75, 3.05) is 0 Å². The van der Waals surface area contributed by atoms with Crippen LogP contribution in [-0.2, 0) is 6.42 Å². The molecule has 0 spiro atoms. The molecule has 3 aromatic rings. The van der Waals surface area contributed by atoms with Gasteiger partial charge in [-0.25, -0.2) is 0 Å². The van der Waals surface area contributed by atoms with E-state index in [-0.39, 0.29) is 23.6 Å². The first-order chi connectivity index (χ1) is 12.9. The maximum Gasteiger partial charge on any atom is 0.586 e. The van der Waals surface area contributed by atoms with E-state index in [0.717, 1.165) is 11.1 Å². The van der Waals surface area contributed by atoms with E-state index in [1.807, 2.05) is 0 Å². The monoisotopic (exact) mass is 408 g/mol. The van der Waals surface area contributed by atoms with E-state index in [9.17, 15) is 12.7 Å². The van der Waals surface area contributed by atoms with E-state index in [2.05, 4.69) is 4.74 Å². The summed E-state index contributed by atoms with van der Waals surface area (Å²) in [6, 6.07) is 17.1. The number of hydrogen-bond donors (Lipinski definition) is 0. The van der Waals surface area contributed by atoms with Crippen molar-refractivity contribution in [3.05, 3.63) is 76.8 Å². The van der Waals surface area contributed by atoms with Gasteiger partial charge in [0.1, 0.15) is 0 Å². The molecule has 0 saturated heterocycles. The van der Waals surface area contributed by atoms with Crippen LogP contribution >= 0.6 is 23.7 Å². The van der Waals surface area contributed by atoms with Crippen LogP contribution in [0.3, 0.4) is 0 Å². The predicted molar refractivity (Wildman–Crippen MR) is 99.3 cm³/mol. The van der Waals surface area contributed by atoms with Crippen LogP contribution in [0.25, 0.3) is 11.1 Å². The van der Waals surface area contributed by atoms with Crippen molar-refractivity contribution >= 4 is 23.7 Å². The number of ether oxygens (including phenoxy) is 2. The lowest BCUT2D eigenvalue weighted by molar-refractivity contribution is -0.286. The van der Waals surface area contributed by atoms with E-state index in [1.54, 1.807) is 54.6 Å². The molecule has 27 heavy (non-hydrogen) atoms. The topological polar surface area (TPSA) is 18.5 Å². The van der Waals surface area contributed by atoms with Crippen molar-refractivity contribution in [2.24, 2.45) is 0 Å². The Hall–Kier alpha value is -2.31. The van der Waals surface area contributed by atoms with Crippen LogP contribution in [0.5, 0.6) is 11.5 Å². The molecule has 0 aromatic heterocycles. The van der Waals surface area contributed by atoms with Crippen LogP contribution in [0, 0.1) is 0 Å². The largest absolute Gasteiger partial charge is 0.586 e. The van der Waals surface area contributed by atoms with Crippen molar-refractivity contribution in [3.63, 3.8) is 0 Å². The van der Waals surface area contributed by atoms with Crippen molar-refractivity contribution in [1.29, 1.82) is 0 Å². The van der Waals surface area contributed by atoms with Gasteiger partial charge in [-0.3, -0.25) is 0 Å². The van der Waals surface area contributed by atoms with Gasteiger partial charge in [-0.15, -0.1) is 8.78 Å². The maximum atomic E-state index is 13.6. The first-order valence-corrected chi connectivity index (χ1v) is 9.09. The van der Waals surface area contributed by atoms with Crippen LogP contribution < -0.4 is 9.47 Å². The molecule has 1 aliphatic rings. The molecule has 0 fully saturated rings. The Morgan fingerprint density at radius 1 is 0.926 bits per heavy atom. The molecule has 0 atom stereocenters. The number of halogens is 4. The first kappa shape index (κ1) is 18.1. The third-order valence-corrected chi connectivity index (χ3v) is 4.81. The van der Waals surface area contributed by atoms with Crippen LogP contribution in [0.15, 0.2) is 65.6 Å². The molecule has 3 aromatic carbocycles. The van der Waals surface area contributed by atoms with Crippen molar-refractivity contribution in [2.45, 2.75) is 17.6 Å². The molecule has 0 bridgehead atoms. The van der Waals surface area contributed by atoms with E-state index < -0.39 is 6.29 Å². The fourth-order valence-electron chi connectivity index (χ4n) is 2.97. The highest BCUT2D eigenvalue weighted by Crippen LogP contribution is 2.48. The molecule has 0 saturated carbocycles. The van der Waals surface area contributed by atoms with Gasteiger partial charge in [0.15, 0.2) is 11.5 Å². The van der Waals surface area contributed by atoms with Crippen LogP contribution in [-0.4, -0.2) is 6.29 Å². The number of benzene rings is 3. The summed E-state index contributed by atoms with van der Waals surface area (Å²) in [6.45, 7) is 0. The molecule has 4 rings (SSSR count). The Kier molecular flexibility index (Phi) is 4.70. The molecule has 0 amide bonds. The summed E-state index contributed by atoms with van der Waals surface area (Å²) < 4.78 is 49.2. The minimum atomic E-state index is -3.71. The summed E-state index contributed by atoms with van der Waals surface area (Å²) in [5, 5.41) is 0.483. The van der Waals surface area contributed by atoms with Crippen LogP contribution in [0.2, 0.25) is 5.02 Å². The van der Waals surface area contributed by atoms with Gasteiger partial charge in [-0.2, -0.15) is 3.89 Å². The first-order valence-electron chi connectivity index (χ1n) is 8.00. The zero-order valence-electron chi connectivity index (χ0n) is 13.7.